The molecule has 19 heavy (non-hydrogen) atoms. The van der Waals surface area contributed by atoms with Crippen LogP contribution in [0.2, 0.25) is 0 Å². The summed E-state index contributed by atoms with van der Waals surface area (Å²) < 4.78 is 2.12. The van der Waals surface area contributed by atoms with Crippen molar-refractivity contribution >= 4 is 11.3 Å². The van der Waals surface area contributed by atoms with Gasteiger partial charge in [0.25, 0.3) is 0 Å². The maximum atomic E-state index is 4.54. The van der Waals surface area contributed by atoms with Crippen molar-refractivity contribution in [1.82, 2.24) is 14.9 Å². The summed E-state index contributed by atoms with van der Waals surface area (Å²) in [7, 11) is 2.07. The standard InChI is InChI=1S/C15H21N3S/c1-11(12-5-3-6-12)17-14(13-7-4-10-19-13)15-16-8-9-18(15)2/h4,7-12,14,17H,3,5-6H2,1-2H3. The Morgan fingerprint density at radius 1 is 1.47 bits per heavy atom. The van der Waals surface area contributed by atoms with E-state index < -0.39 is 0 Å². The predicted molar refractivity (Wildman–Crippen MR) is 79.3 cm³/mol. The van der Waals surface area contributed by atoms with Crippen molar-refractivity contribution in [3.8, 4) is 0 Å². The van der Waals surface area contributed by atoms with E-state index in [0.717, 1.165) is 11.7 Å². The molecule has 2 aromatic rings. The van der Waals surface area contributed by atoms with Gasteiger partial charge >= 0.3 is 0 Å². The zero-order valence-electron chi connectivity index (χ0n) is 11.5. The summed E-state index contributed by atoms with van der Waals surface area (Å²) in [5.74, 6) is 1.94. The molecule has 3 rings (SSSR count). The molecule has 2 unspecified atom stereocenters. The summed E-state index contributed by atoms with van der Waals surface area (Å²) in [5, 5.41) is 5.93. The van der Waals surface area contributed by atoms with Crippen LogP contribution >= 0.6 is 11.3 Å². The van der Waals surface area contributed by atoms with Crippen molar-refractivity contribution in [3.05, 3.63) is 40.6 Å². The van der Waals surface area contributed by atoms with Gasteiger partial charge in [0, 0.05) is 30.4 Å². The average molecular weight is 275 g/mol. The van der Waals surface area contributed by atoms with E-state index in [-0.39, 0.29) is 6.04 Å². The highest BCUT2D eigenvalue weighted by Crippen LogP contribution is 2.32. The largest absolute Gasteiger partial charge is 0.336 e. The van der Waals surface area contributed by atoms with Gasteiger partial charge in [-0.2, -0.15) is 0 Å². The van der Waals surface area contributed by atoms with Crippen LogP contribution in [0.1, 0.15) is 42.9 Å². The Balaban J connectivity index is 1.82. The third-order valence-corrected chi connectivity index (χ3v) is 5.17. The summed E-state index contributed by atoms with van der Waals surface area (Å²) in [4.78, 5) is 5.88. The van der Waals surface area contributed by atoms with Gasteiger partial charge in [0.15, 0.2) is 0 Å². The van der Waals surface area contributed by atoms with E-state index in [9.17, 15) is 0 Å². The molecule has 2 atom stereocenters. The highest BCUT2D eigenvalue weighted by Gasteiger charge is 2.28. The van der Waals surface area contributed by atoms with Gasteiger partial charge in [-0.15, -0.1) is 11.3 Å². The Morgan fingerprint density at radius 2 is 2.32 bits per heavy atom. The summed E-state index contributed by atoms with van der Waals surface area (Å²) in [6, 6.07) is 5.09. The highest BCUT2D eigenvalue weighted by molar-refractivity contribution is 7.10. The summed E-state index contributed by atoms with van der Waals surface area (Å²) in [5.41, 5.74) is 0. The predicted octanol–water partition coefficient (Wildman–Crippen LogP) is 3.35. The van der Waals surface area contributed by atoms with Crippen LogP contribution in [-0.2, 0) is 7.05 Å². The molecule has 1 aliphatic rings. The molecule has 3 nitrogen and oxygen atoms in total. The van der Waals surface area contributed by atoms with E-state index in [4.69, 9.17) is 0 Å². The number of aryl methyl sites for hydroxylation is 1. The van der Waals surface area contributed by atoms with Crippen molar-refractivity contribution in [2.45, 2.75) is 38.3 Å². The summed E-state index contributed by atoms with van der Waals surface area (Å²) in [6.45, 7) is 2.31. The fourth-order valence-corrected chi connectivity index (χ4v) is 3.51. The first-order chi connectivity index (χ1) is 9.25. The van der Waals surface area contributed by atoms with E-state index in [1.165, 1.54) is 24.1 Å². The second kappa shape index (κ2) is 5.47. The highest BCUT2D eigenvalue weighted by atomic mass is 32.1. The zero-order chi connectivity index (χ0) is 13.2. The van der Waals surface area contributed by atoms with Gasteiger partial charge in [0.2, 0.25) is 0 Å². The van der Waals surface area contributed by atoms with Crippen LogP contribution in [0.3, 0.4) is 0 Å². The first kappa shape index (κ1) is 12.9. The van der Waals surface area contributed by atoms with Crippen LogP contribution in [0.5, 0.6) is 0 Å². The smallest absolute Gasteiger partial charge is 0.131 e. The Morgan fingerprint density at radius 3 is 2.84 bits per heavy atom. The van der Waals surface area contributed by atoms with Crippen molar-refractivity contribution in [1.29, 1.82) is 0 Å². The Bertz CT molecular complexity index is 513. The van der Waals surface area contributed by atoms with Crippen molar-refractivity contribution in [2.75, 3.05) is 0 Å². The quantitative estimate of drug-likeness (QED) is 0.907. The van der Waals surface area contributed by atoms with E-state index in [2.05, 4.69) is 46.4 Å². The molecule has 4 heteroatoms. The summed E-state index contributed by atoms with van der Waals surface area (Å²) in [6.07, 6.45) is 8.03. The molecule has 0 radical (unpaired) electrons. The van der Waals surface area contributed by atoms with Crippen molar-refractivity contribution in [3.63, 3.8) is 0 Å². The molecule has 102 valence electrons. The monoisotopic (exact) mass is 275 g/mol. The Labute approximate surface area is 118 Å². The molecule has 0 saturated heterocycles. The van der Waals surface area contributed by atoms with Gasteiger partial charge in [-0.05, 0) is 37.1 Å². The van der Waals surface area contributed by atoms with E-state index in [0.29, 0.717) is 6.04 Å². The number of nitrogens with zero attached hydrogens (tertiary/aromatic N) is 2. The minimum atomic E-state index is 0.218. The molecular formula is C15H21N3S. The Kier molecular flexibility index (Phi) is 3.71. The van der Waals surface area contributed by atoms with Gasteiger partial charge in [-0.1, -0.05) is 12.5 Å². The maximum Gasteiger partial charge on any atom is 0.131 e. The number of hydrogen-bond acceptors (Lipinski definition) is 3. The molecule has 1 N–H and O–H groups in total. The third kappa shape index (κ3) is 2.60. The van der Waals surface area contributed by atoms with Gasteiger partial charge in [0.1, 0.15) is 11.9 Å². The fourth-order valence-electron chi connectivity index (χ4n) is 2.73. The topological polar surface area (TPSA) is 29.9 Å². The second-order valence-electron chi connectivity index (χ2n) is 5.49. The van der Waals surface area contributed by atoms with Crippen LogP contribution in [0.15, 0.2) is 29.9 Å². The van der Waals surface area contributed by atoms with Gasteiger partial charge in [-0.3, -0.25) is 0 Å². The molecule has 1 aliphatic carbocycles. The minimum Gasteiger partial charge on any atom is -0.336 e. The van der Waals surface area contributed by atoms with Crippen LogP contribution in [-0.4, -0.2) is 15.6 Å². The number of nitrogens with one attached hydrogen (secondary N) is 1. The zero-order valence-corrected chi connectivity index (χ0v) is 12.4. The maximum absolute atomic E-state index is 4.54. The van der Waals surface area contributed by atoms with Crippen LogP contribution in [0, 0.1) is 5.92 Å². The van der Waals surface area contributed by atoms with Gasteiger partial charge < -0.3 is 9.88 Å². The molecule has 1 fully saturated rings. The molecule has 2 heterocycles. The molecule has 0 aliphatic heterocycles. The van der Waals surface area contributed by atoms with Crippen LogP contribution in [0.4, 0.5) is 0 Å². The molecule has 2 aromatic heterocycles. The lowest BCUT2D eigenvalue weighted by Gasteiger charge is -2.34. The number of aromatic nitrogens is 2. The lowest BCUT2D eigenvalue weighted by atomic mass is 9.80. The van der Waals surface area contributed by atoms with E-state index in [1.807, 2.05) is 12.4 Å². The van der Waals surface area contributed by atoms with Gasteiger partial charge in [-0.25, -0.2) is 4.98 Å². The molecule has 0 spiro atoms. The fraction of sp³-hybridized carbons (Fsp3) is 0.533. The molecule has 0 amide bonds. The van der Waals surface area contributed by atoms with Crippen molar-refractivity contribution < 1.29 is 0 Å². The SMILES string of the molecule is CC(NC(c1cccs1)c1nccn1C)C1CCC1. The second-order valence-corrected chi connectivity index (χ2v) is 6.47. The molecule has 1 saturated carbocycles. The normalized spacial score (nSPS) is 19.1. The van der Waals surface area contributed by atoms with Crippen LogP contribution in [0.25, 0.3) is 0 Å². The first-order valence-electron chi connectivity index (χ1n) is 7.02. The van der Waals surface area contributed by atoms with E-state index in [1.54, 1.807) is 11.3 Å². The number of hydrogen-bond donors (Lipinski definition) is 1. The minimum absolute atomic E-state index is 0.218. The molecule has 0 bridgehead atoms. The van der Waals surface area contributed by atoms with Crippen molar-refractivity contribution in [2.24, 2.45) is 13.0 Å². The molecule has 0 aromatic carbocycles. The third-order valence-electron chi connectivity index (χ3n) is 4.23. The van der Waals surface area contributed by atoms with Gasteiger partial charge in [0.05, 0.1) is 0 Å². The lowest BCUT2D eigenvalue weighted by molar-refractivity contribution is 0.231. The number of thiophene rings is 1. The Hall–Kier alpha value is -1.13. The molecular weight excluding hydrogens is 254 g/mol. The first-order valence-corrected chi connectivity index (χ1v) is 7.90. The van der Waals surface area contributed by atoms with Crippen LogP contribution < -0.4 is 5.32 Å². The van der Waals surface area contributed by atoms with E-state index >= 15 is 0 Å². The number of rotatable bonds is 5. The summed E-state index contributed by atoms with van der Waals surface area (Å²) >= 11 is 1.80. The average Bonchev–Trinajstić information content (AvgIpc) is 2.94. The lowest BCUT2D eigenvalue weighted by Crippen LogP contribution is -2.40. The number of imidazole rings is 1.